The minimum Gasteiger partial charge on any atom is -0.369 e. The third-order valence-electron chi connectivity index (χ3n) is 2.83. The van der Waals surface area contributed by atoms with Gasteiger partial charge in [-0.3, -0.25) is 4.79 Å². The van der Waals surface area contributed by atoms with Crippen LogP contribution in [0.2, 0.25) is 0 Å². The molecule has 0 bridgehead atoms. The predicted octanol–water partition coefficient (Wildman–Crippen LogP) is 2.92. The molecule has 0 saturated carbocycles. The van der Waals surface area contributed by atoms with Gasteiger partial charge in [-0.2, -0.15) is 0 Å². The minimum absolute atomic E-state index is 0.207. The van der Waals surface area contributed by atoms with Gasteiger partial charge >= 0.3 is 0 Å². The van der Waals surface area contributed by atoms with E-state index in [9.17, 15) is 4.79 Å². The summed E-state index contributed by atoms with van der Waals surface area (Å²) in [6, 6.07) is 10.3. The molecule has 0 saturated heterocycles. The molecule has 17 heavy (non-hydrogen) atoms. The molecule has 0 N–H and O–H groups in total. The molecule has 1 heterocycles. The van der Waals surface area contributed by atoms with E-state index in [2.05, 4.69) is 17.0 Å². The fraction of sp³-hybridized carbons (Fsp3) is 0.267. The Morgan fingerprint density at radius 2 is 2.06 bits per heavy atom. The van der Waals surface area contributed by atoms with Crippen molar-refractivity contribution >= 4 is 5.78 Å². The SMILES string of the molecule is CCC(=O)C1=CN(Cc2ccccc2)CC=C1. The highest BCUT2D eigenvalue weighted by Gasteiger charge is 2.10. The van der Waals surface area contributed by atoms with Gasteiger partial charge in [-0.15, -0.1) is 0 Å². The first-order valence-corrected chi connectivity index (χ1v) is 5.99. The highest BCUT2D eigenvalue weighted by atomic mass is 16.1. The average Bonchev–Trinajstić information content (AvgIpc) is 2.39. The topological polar surface area (TPSA) is 20.3 Å². The first-order chi connectivity index (χ1) is 8.29. The molecule has 0 unspecified atom stereocenters. The molecule has 2 rings (SSSR count). The standard InChI is InChI=1S/C15H17NO/c1-2-15(17)14-9-6-10-16(12-14)11-13-7-4-3-5-8-13/h3-9,12H,2,10-11H2,1H3. The number of rotatable bonds is 4. The van der Waals surface area contributed by atoms with Gasteiger partial charge in [0, 0.05) is 31.3 Å². The van der Waals surface area contributed by atoms with E-state index in [-0.39, 0.29) is 5.78 Å². The Hall–Kier alpha value is -1.83. The zero-order chi connectivity index (χ0) is 12.1. The van der Waals surface area contributed by atoms with Crippen molar-refractivity contribution < 1.29 is 4.79 Å². The monoisotopic (exact) mass is 227 g/mol. The average molecular weight is 227 g/mol. The Labute approximate surface area is 102 Å². The van der Waals surface area contributed by atoms with Crippen LogP contribution in [0.15, 0.2) is 54.3 Å². The molecule has 0 spiro atoms. The van der Waals surface area contributed by atoms with Crippen molar-refractivity contribution in [2.24, 2.45) is 0 Å². The highest BCUT2D eigenvalue weighted by molar-refractivity contribution is 5.97. The molecule has 0 fully saturated rings. The van der Waals surface area contributed by atoms with E-state index >= 15 is 0 Å². The van der Waals surface area contributed by atoms with Crippen molar-refractivity contribution in [2.45, 2.75) is 19.9 Å². The molecule has 0 amide bonds. The van der Waals surface area contributed by atoms with Crippen LogP contribution in [0, 0.1) is 0 Å². The van der Waals surface area contributed by atoms with Crippen LogP contribution in [0.1, 0.15) is 18.9 Å². The van der Waals surface area contributed by atoms with Crippen LogP contribution < -0.4 is 0 Å². The van der Waals surface area contributed by atoms with Gasteiger partial charge in [-0.1, -0.05) is 49.4 Å². The molecule has 2 heteroatoms. The summed E-state index contributed by atoms with van der Waals surface area (Å²) < 4.78 is 0. The highest BCUT2D eigenvalue weighted by Crippen LogP contribution is 2.13. The van der Waals surface area contributed by atoms with Crippen LogP contribution in [0.4, 0.5) is 0 Å². The number of nitrogens with zero attached hydrogens (tertiary/aromatic N) is 1. The Bertz CT molecular complexity index is 445. The summed E-state index contributed by atoms with van der Waals surface area (Å²) in [5.41, 5.74) is 2.08. The molecule has 0 aliphatic carbocycles. The zero-order valence-electron chi connectivity index (χ0n) is 10.1. The van der Waals surface area contributed by atoms with E-state index in [1.54, 1.807) is 0 Å². The first kappa shape index (κ1) is 11.6. The number of Topliss-reactive ketones (excluding diaryl/α,β-unsaturated/α-hetero) is 1. The molecule has 2 nitrogen and oxygen atoms in total. The van der Waals surface area contributed by atoms with Crippen LogP contribution in [-0.4, -0.2) is 17.2 Å². The van der Waals surface area contributed by atoms with Crippen LogP contribution in [-0.2, 0) is 11.3 Å². The van der Waals surface area contributed by atoms with Crippen LogP contribution >= 0.6 is 0 Å². The number of hydrogen-bond donors (Lipinski definition) is 0. The van der Waals surface area contributed by atoms with Gasteiger partial charge in [0.25, 0.3) is 0 Å². The third kappa shape index (κ3) is 3.06. The summed E-state index contributed by atoms with van der Waals surface area (Å²) in [5.74, 6) is 0.207. The largest absolute Gasteiger partial charge is 0.369 e. The number of allylic oxidation sites excluding steroid dienone is 2. The van der Waals surface area contributed by atoms with Gasteiger partial charge in [-0.25, -0.2) is 0 Å². The van der Waals surface area contributed by atoms with Gasteiger partial charge in [0.05, 0.1) is 0 Å². The number of hydrogen-bond acceptors (Lipinski definition) is 2. The lowest BCUT2D eigenvalue weighted by Gasteiger charge is -2.22. The van der Waals surface area contributed by atoms with Crippen molar-refractivity contribution in [3.63, 3.8) is 0 Å². The molecule has 1 aliphatic rings. The van der Waals surface area contributed by atoms with Crippen molar-refractivity contribution in [2.75, 3.05) is 6.54 Å². The van der Waals surface area contributed by atoms with Crippen molar-refractivity contribution in [1.82, 2.24) is 4.90 Å². The summed E-state index contributed by atoms with van der Waals surface area (Å²) in [4.78, 5) is 13.8. The molecule has 1 aliphatic heterocycles. The van der Waals surface area contributed by atoms with E-state index in [1.165, 1.54) is 5.56 Å². The molecule has 0 aromatic heterocycles. The lowest BCUT2D eigenvalue weighted by molar-refractivity contribution is -0.115. The number of benzene rings is 1. The van der Waals surface area contributed by atoms with Crippen LogP contribution in [0.5, 0.6) is 0 Å². The van der Waals surface area contributed by atoms with E-state index in [1.807, 2.05) is 43.5 Å². The first-order valence-electron chi connectivity index (χ1n) is 5.99. The van der Waals surface area contributed by atoms with Crippen LogP contribution in [0.3, 0.4) is 0 Å². The second-order valence-corrected chi connectivity index (χ2v) is 4.18. The molecule has 0 atom stereocenters. The van der Waals surface area contributed by atoms with E-state index < -0.39 is 0 Å². The summed E-state index contributed by atoms with van der Waals surface area (Å²) in [7, 11) is 0. The fourth-order valence-corrected chi connectivity index (χ4v) is 1.90. The van der Waals surface area contributed by atoms with E-state index in [4.69, 9.17) is 0 Å². The fourth-order valence-electron chi connectivity index (χ4n) is 1.90. The summed E-state index contributed by atoms with van der Waals surface area (Å²) >= 11 is 0. The number of carbonyl (C=O) groups is 1. The quantitative estimate of drug-likeness (QED) is 0.788. The maximum absolute atomic E-state index is 11.6. The van der Waals surface area contributed by atoms with E-state index in [0.717, 1.165) is 18.7 Å². The second kappa shape index (κ2) is 5.48. The molecule has 0 radical (unpaired) electrons. The second-order valence-electron chi connectivity index (χ2n) is 4.18. The Morgan fingerprint density at radius 3 is 2.76 bits per heavy atom. The normalized spacial score (nSPS) is 14.6. The Balaban J connectivity index is 2.06. The van der Waals surface area contributed by atoms with Gasteiger partial charge in [-0.05, 0) is 5.56 Å². The summed E-state index contributed by atoms with van der Waals surface area (Å²) in [5, 5.41) is 0. The maximum atomic E-state index is 11.6. The van der Waals surface area contributed by atoms with Crippen LogP contribution in [0.25, 0.3) is 0 Å². The zero-order valence-corrected chi connectivity index (χ0v) is 10.1. The van der Waals surface area contributed by atoms with Gasteiger partial charge in [0.2, 0.25) is 0 Å². The molecule has 88 valence electrons. The maximum Gasteiger partial charge on any atom is 0.164 e. The lowest BCUT2D eigenvalue weighted by atomic mass is 10.1. The smallest absolute Gasteiger partial charge is 0.164 e. The Kier molecular flexibility index (Phi) is 3.76. The number of carbonyl (C=O) groups excluding carboxylic acids is 1. The number of ketones is 1. The lowest BCUT2D eigenvalue weighted by Crippen LogP contribution is -2.21. The van der Waals surface area contributed by atoms with Gasteiger partial charge < -0.3 is 4.90 Å². The predicted molar refractivity (Wildman–Crippen MR) is 69.4 cm³/mol. The minimum atomic E-state index is 0.207. The third-order valence-corrected chi connectivity index (χ3v) is 2.83. The molecule has 1 aromatic rings. The van der Waals surface area contributed by atoms with E-state index in [0.29, 0.717) is 6.42 Å². The summed E-state index contributed by atoms with van der Waals surface area (Å²) in [6.07, 6.45) is 6.51. The molecule has 1 aromatic carbocycles. The van der Waals surface area contributed by atoms with Crippen molar-refractivity contribution in [3.8, 4) is 0 Å². The van der Waals surface area contributed by atoms with Gasteiger partial charge in [0.1, 0.15) is 0 Å². The Morgan fingerprint density at radius 1 is 1.29 bits per heavy atom. The van der Waals surface area contributed by atoms with Gasteiger partial charge in [0.15, 0.2) is 5.78 Å². The summed E-state index contributed by atoms with van der Waals surface area (Å²) in [6.45, 7) is 3.62. The molecular formula is C15H17NO. The van der Waals surface area contributed by atoms with Crippen molar-refractivity contribution in [3.05, 3.63) is 59.8 Å². The van der Waals surface area contributed by atoms with Crippen molar-refractivity contribution in [1.29, 1.82) is 0 Å². The molecular weight excluding hydrogens is 210 g/mol.